The molecule has 3 rings (SSSR count). The zero-order valence-corrected chi connectivity index (χ0v) is 14.5. The average Bonchev–Trinajstić information content (AvgIpc) is 3.09. The van der Waals surface area contributed by atoms with Crippen molar-refractivity contribution in [2.24, 2.45) is 0 Å². The van der Waals surface area contributed by atoms with E-state index in [1.165, 1.54) is 0 Å². The fourth-order valence-corrected chi connectivity index (χ4v) is 2.73. The van der Waals surface area contributed by atoms with E-state index in [1.807, 2.05) is 22.9 Å². The van der Waals surface area contributed by atoms with Gasteiger partial charge in [0.1, 0.15) is 22.9 Å². The van der Waals surface area contributed by atoms with Crippen molar-refractivity contribution in [2.75, 3.05) is 44.5 Å². The summed E-state index contributed by atoms with van der Waals surface area (Å²) in [7, 11) is 3.22. The number of rotatable bonds is 7. The van der Waals surface area contributed by atoms with Crippen molar-refractivity contribution in [2.45, 2.75) is 13.0 Å². The second kappa shape index (κ2) is 7.78. The van der Waals surface area contributed by atoms with Crippen LogP contribution in [0, 0.1) is 0 Å². The summed E-state index contributed by atoms with van der Waals surface area (Å²) < 4.78 is 12.3. The Kier molecular flexibility index (Phi) is 5.27. The molecule has 0 fully saturated rings. The van der Waals surface area contributed by atoms with Crippen LogP contribution in [0.2, 0.25) is 0 Å². The van der Waals surface area contributed by atoms with Crippen LogP contribution in [-0.4, -0.2) is 49.5 Å². The summed E-state index contributed by atoms with van der Waals surface area (Å²) in [4.78, 5) is 12.3. The van der Waals surface area contributed by atoms with Gasteiger partial charge in [0.25, 0.3) is 5.91 Å². The molecule has 0 atom stereocenters. The predicted molar refractivity (Wildman–Crippen MR) is 95.7 cm³/mol. The molecule has 0 aliphatic carbocycles. The first-order valence-electron chi connectivity index (χ1n) is 8.26. The van der Waals surface area contributed by atoms with Crippen LogP contribution in [-0.2, 0) is 6.54 Å². The van der Waals surface area contributed by atoms with E-state index in [4.69, 9.17) is 9.47 Å². The van der Waals surface area contributed by atoms with E-state index in [1.54, 1.807) is 20.4 Å². The minimum atomic E-state index is -0.124. The largest absolute Gasteiger partial charge is 0.497 e. The fourth-order valence-electron chi connectivity index (χ4n) is 2.73. The van der Waals surface area contributed by atoms with Gasteiger partial charge in [0.05, 0.1) is 20.4 Å². The van der Waals surface area contributed by atoms with Gasteiger partial charge in [-0.25, -0.2) is 4.68 Å². The number of nitrogens with zero attached hydrogens (tertiary/aromatic N) is 2. The molecule has 1 aliphatic heterocycles. The highest BCUT2D eigenvalue weighted by molar-refractivity contribution is 5.98. The van der Waals surface area contributed by atoms with E-state index in [0.717, 1.165) is 31.0 Å². The van der Waals surface area contributed by atoms with Gasteiger partial charge in [-0.3, -0.25) is 4.79 Å². The van der Waals surface area contributed by atoms with Gasteiger partial charge in [0.15, 0.2) is 0 Å². The zero-order valence-electron chi connectivity index (χ0n) is 14.5. The molecular weight excluding hydrogens is 322 g/mol. The number of carbonyl (C=O) groups is 1. The van der Waals surface area contributed by atoms with Gasteiger partial charge in [0.2, 0.25) is 0 Å². The highest BCUT2D eigenvalue weighted by Crippen LogP contribution is 2.25. The van der Waals surface area contributed by atoms with Crippen molar-refractivity contribution >= 4 is 17.4 Å². The number of fused-ring (bicyclic) bond motifs is 1. The molecule has 1 aliphatic rings. The molecule has 2 aromatic rings. The van der Waals surface area contributed by atoms with Crippen LogP contribution in [0.25, 0.3) is 0 Å². The summed E-state index contributed by atoms with van der Waals surface area (Å²) in [5.74, 6) is 2.10. The Balaban J connectivity index is 1.52. The summed E-state index contributed by atoms with van der Waals surface area (Å²) >= 11 is 0. The summed E-state index contributed by atoms with van der Waals surface area (Å²) in [6.07, 6.45) is 2.63. The molecule has 2 heterocycles. The van der Waals surface area contributed by atoms with Gasteiger partial charge in [-0.1, -0.05) is 0 Å². The minimum absolute atomic E-state index is 0.124. The quantitative estimate of drug-likeness (QED) is 0.660. The number of anilines is 2. The molecule has 0 spiro atoms. The van der Waals surface area contributed by atoms with Crippen LogP contribution in [0.4, 0.5) is 11.5 Å². The zero-order chi connectivity index (χ0) is 17.6. The maximum absolute atomic E-state index is 12.3. The SMILES string of the molecule is COc1cc(NCCNC(=O)c2cnn3c2NCCC3)cc(OC)c1. The van der Waals surface area contributed by atoms with Crippen molar-refractivity contribution in [1.29, 1.82) is 0 Å². The van der Waals surface area contributed by atoms with Crippen LogP contribution in [0.3, 0.4) is 0 Å². The van der Waals surface area contributed by atoms with E-state index in [-0.39, 0.29) is 5.91 Å². The lowest BCUT2D eigenvalue weighted by molar-refractivity contribution is 0.0956. The first-order chi connectivity index (χ1) is 12.2. The smallest absolute Gasteiger partial charge is 0.256 e. The third kappa shape index (κ3) is 3.96. The number of carbonyl (C=O) groups excluding carboxylic acids is 1. The Labute approximate surface area is 146 Å². The number of methoxy groups -OCH3 is 2. The summed E-state index contributed by atoms with van der Waals surface area (Å²) in [5.41, 5.74) is 1.46. The highest BCUT2D eigenvalue weighted by Gasteiger charge is 2.19. The van der Waals surface area contributed by atoms with E-state index in [0.29, 0.717) is 30.2 Å². The van der Waals surface area contributed by atoms with Crippen molar-refractivity contribution in [1.82, 2.24) is 15.1 Å². The Hall–Kier alpha value is -2.90. The average molecular weight is 345 g/mol. The van der Waals surface area contributed by atoms with Gasteiger partial charge in [0, 0.05) is 50.1 Å². The maximum Gasteiger partial charge on any atom is 0.256 e. The second-order valence-electron chi connectivity index (χ2n) is 5.69. The Morgan fingerprint density at radius 2 is 2.00 bits per heavy atom. The van der Waals surface area contributed by atoms with Crippen LogP contribution in [0.15, 0.2) is 24.4 Å². The van der Waals surface area contributed by atoms with Gasteiger partial charge in [-0.15, -0.1) is 0 Å². The van der Waals surface area contributed by atoms with Crippen LogP contribution in [0.1, 0.15) is 16.8 Å². The lowest BCUT2D eigenvalue weighted by atomic mass is 10.2. The molecule has 8 heteroatoms. The Morgan fingerprint density at radius 1 is 1.24 bits per heavy atom. The van der Waals surface area contributed by atoms with Crippen LogP contribution < -0.4 is 25.4 Å². The molecule has 25 heavy (non-hydrogen) atoms. The summed E-state index contributed by atoms with van der Waals surface area (Å²) in [6, 6.07) is 5.56. The van der Waals surface area contributed by atoms with Crippen molar-refractivity contribution in [3.8, 4) is 11.5 Å². The third-order valence-electron chi connectivity index (χ3n) is 4.01. The van der Waals surface area contributed by atoms with Gasteiger partial charge < -0.3 is 25.4 Å². The van der Waals surface area contributed by atoms with Gasteiger partial charge in [-0.2, -0.15) is 5.10 Å². The van der Waals surface area contributed by atoms with Crippen LogP contribution >= 0.6 is 0 Å². The molecular formula is C17H23N5O3. The number of aryl methyl sites for hydroxylation is 1. The fraction of sp³-hybridized carbons (Fsp3) is 0.412. The predicted octanol–water partition coefficient (Wildman–Crippen LogP) is 1.56. The number of ether oxygens (including phenoxy) is 2. The van der Waals surface area contributed by atoms with Crippen molar-refractivity contribution in [3.05, 3.63) is 30.0 Å². The molecule has 3 N–H and O–H groups in total. The lowest BCUT2D eigenvalue weighted by Crippen LogP contribution is -2.30. The minimum Gasteiger partial charge on any atom is -0.497 e. The van der Waals surface area contributed by atoms with Gasteiger partial charge >= 0.3 is 0 Å². The molecule has 134 valence electrons. The molecule has 8 nitrogen and oxygen atoms in total. The Morgan fingerprint density at radius 3 is 2.72 bits per heavy atom. The molecule has 1 aromatic carbocycles. The van der Waals surface area contributed by atoms with E-state index >= 15 is 0 Å². The topological polar surface area (TPSA) is 89.4 Å². The number of benzene rings is 1. The number of amides is 1. The molecule has 0 unspecified atom stereocenters. The van der Waals surface area contributed by atoms with E-state index in [2.05, 4.69) is 21.0 Å². The number of nitrogens with one attached hydrogen (secondary N) is 3. The maximum atomic E-state index is 12.3. The first kappa shape index (κ1) is 16.9. The van der Waals surface area contributed by atoms with Crippen LogP contribution in [0.5, 0.6) is 11.5 Å². The van der Waals surface area contributed by atoms with E-state index in [9.17, 15) is 4.79 Å². The molecule has 0 saturated carbocycles. The number of hydrogen-bond donors (Lipinski definition) is 3. The van der Waals surface area contributed by atoms with E-state index < -0.39 is 0 Å². The lowest BCUT2D eigenvalue weighted by Gasteiger charge is -2.16. The molecule has 1 amide bonds. The summed E-state index contributed by atoms with van der Waals surface area (Å²) in [6.45, 7) is 2.78. The first-order valence-corrected chi connectivity index (χ1v) is 8.26. The number of hydrogen-bond acceptors (Lipinski definition) is 6. The molecule has 0 bridgehead atoms. The van der Waals surface area contributed by atoms with Crippen molar-refractivity contribution < 1.29 is 14.3 Å². The normalized spacial score (nSPS) is 12.7. The molecule has 1 aromatic heterocycles. The standard InChI is InChI=1S/C17H23N5O3/c1-24-13-8-12(9-14(10-13)25-2)18-5-6-20-17(23)15-11-21-22-7-3-4-19-16(15)22/h8-11,18-19H,3-7H2,1-2H3,(H,20,23). The highest BCUT2D eigenvalue weighted by atomic mass is 16.5. The summed E-state index contributed by atoms with van der Waals surface area (Å²) in [5, 5.41) is 13.6. The molecule has 0 saturated heterocycles. The monoisotopic (exact) mass is 345 g/mol. The Bertz CT molecular complexity index is 722. The second-order valence-corrected chi connectivity index (χ2v) is 5.69. The van der Waals surface area contributed by atoms with Crippen molar-refractivity contribution in [3.63, 3.8) is 0 Å². The van der Waals surface area contributed by atoms with Gasteiger partial charge in [-0.05, 0) is 6.42 Å². The third-order valence-corrected chi connectivity index (χ3v) is 4.01. The molecule has 0 radical (unpaired) electrons. The number of aromatic nitrogens is 2.